The Hall–Kier alpha value is -2.48. The number of hydrogen-bond donors (Lipinski definition) is 1. The molecule has 0 saturated carbocycles. The minimum Gasteiger partial charge on any atom is -0.335 e. The molecule has 4 rings (SSSR count). The van der Waals surface area contributed by atoms with E-state index in [1.165, 1.54) is 23.0 Å². The highest BCUT2D eigenvalue weighted by Crippen LogP contribution is 2.28. The molecule has 0 radical (unpaired) electrons. The zero-order chi connectivity index (χ0) is 19.7. The number of carbonyl (C=O) groups excluding carboxylic acids is 1. The van der Waals surface area contributed by atoms with Crippen LogP contribution in [-0.2, 0) is 0 Å². The molecule has 1 amide bonds. The molecule has 1 aliphatic heterocycles. The molecule has 1 fully saturated rings. The van der Waals surface area contributed by atoms with Gasteiger partial charge in [0.25, 0.3) is 5.91 Å². The van der Waals surface area contributed by atoms with Crippen molar-refractivity contribution in [2.45, 2.75) is 0 Å². The first-order valence-electron chi connectivity index (χ1n) is 8.69. The molecule has 1 N–H and O–H groups in total. The van der Waals surface area contributed by atoms with E-state index in [0.29, 0.717) is 35.1 Å². The highest BCUT2D eigenvalue weighted by Gasteiger charge is 2.23. The molecule has 3 aromatic rings. The predicted molar refractivity (Wildman–Crippen MR) is 106 cm³/mol. The Balaban J connectivity index is 1.83. The molecule has 6 nitrogen and oxygen atoms in total. The van der Waals surface area contributed by atoms with Gasteiger partial charge in [-0.25, -0.2) is 9.07 Å². The van der Waals surface area contributed by atoms with E-state index in [4.69, 9.17) is 23.2 Å². The van der Waals surface area contributed by atoms with Gasteiger partial charge in [-0.05, 0) is 30.3 Å². The Bertz CT molecular complexity index is 1010. The number of halogens is 3. The van der Waals surface area contributed by atoms with E-state index in [9.17, 15) is 9.18 Å². The van der Waals surface area contributed by atoms with Gasteiger partial charge in [0.2, 0.25) is 0 Å². The molecular weight excluding hydrogens is 404 g/mol. The Morgan fingerprint density at radius 2 is 1.82 bits per heavy atom. The fourth-order valence-electron chi connectivity index (χ4n) is 3.14. The van der Waals surface area contributed by atoms with Crippen molar-refractivity contribution in [3.8, 4) is 16.9 Å². The second-order valence-electron chi connectivity index (χ2n) is 6.39. The third-order valence-corrected chi connectivity index (χ3v) is 4.85. The Morgan fingerprint density at radius 3 is 2.54 bits per heavy atom. The van der Waals surface area contributed by atoms with Crippen LogP contribution in [0.2, 0.25) is 10.0 Å². The highest BCUT2D eigenvalue weighted by atomic mass is 35.5. The van der Waals surface area contributed by atoms with Crippen molar-refractivity contribution in [3.05, 3.63) is 64.3 Å². The third kappa shape index (κ3) is 3.87. The van der Waals surface area contributed by atoms with Gasteiger partial charge >= 0.3 is 0 Å². The van der Waals surface area contributed by atoms with Crippen LogP contribution in [0, 0.1) is 5.82 Å². The van der Waals surface area contributed by atoms with Crippen LogP contribution in [-0.4, -0.2) is 51.8 Å². The van der Waals surface area contributed by atoms with Crippen LogP contribution >= 0.6 is 23.2 Å². The first kappa shape index (κ1) is 18.9. The van der Waals surface area contributed by atoms with Crippen molar-refractivity contribution in [3.63, 3.8) is 0 Å². The lowest BCUT2D eigenvalue weighted by Gasteiger charge is -2.26. The fraction of sp³-hybridized carbons (Fsp3) is 0.211. The van der Waals surface area contributed by atoms with Crippen LogP contribution in [0.15, 0.2) is 42.7 Å². The van der Waals surface area contributed by atoms with Crippen molar-refractivity contribution in [1.82, 2.24) is 25.0 Å². The van der Waals surface area contributed by atoms with Crippen LogP contribution in [0.3, 0.4) is 0 Å². The summed E-state index contributed by atoms with van der Waals surface area (Å²) in [6, 6.07) is 7.49. The molecule has 0 atom stereocenters. The van der Waals surface area contributed by atoms with E-state index in [2.05, 4.69) is 15.4 Å². The Labute approximate surface area is 170 Å². The maximum Gasteiger partial charge on any atom is 0.274 e. The van der Waals surface area contributed by atoms with E-state index in [1.807, 2.05) is 0 Å². The molecule has 144 valence electrons. The number of rotatable bonds is 3. The standard InChI is InChI=1S/C19H16Cl2FN5O/c20-13-5-12(6-15(22)7-13)18-9-17(19(28)26-3-1-23-2-4-26)25-27(18)16-8-14(21)10-24-11-16/h5-11,23H,1-4H2. The number of amides is 1. The number of carbonyl (C=O) groups is 1. The normalized spacial score (nSPS) is 14.3. The van der Waals surface area contributed by atoms with E-state index in [1.54, 1.807) is 29.3 Å². The highest BCUT2D eigenvalue weighted by molar-refractivity contribution is 6.31. The fourth-order valence-corrected chi connectivity index (χ4v) is 3.53. The molecule has 0 spiro atoms. The zero-order valence-electron chi connectivity index (χ0n) is 14.7. The zero-order valence-corrected chi connectivity index (χ0v) is 16.2. The van der Waals surface area contributed by atoms with E-state index >= 15 is 0 Å². The summed E-state index contributed by atoms with van der Waals surface area (Å²) in [4.78, 5) is 18.7. The quantitative estimate of drug-likeness (QED) is 0.706. The van der Waals surface area contributed by atoms with Gasteiger partial charge in [0.15, 0.2) is 5.69 Å². The Morgan fingerprint density at radius 1 is 1.04 bits per heavy atom. The maximum atomic E-state index is 13.9. The summed E-state index contributed by atoms with van der Waals surface area (Å²) in [5, 5.41) is 8.36. The molecule has 3 heterocycles. The largest absolute Gasteiger partial charge is 0.335 e. The average Bonchev–Trinajstić information content (AvgIpc) is 3.13. The van der Waals surface area contributed by atoms with Crippen molar-refractivity contribution in [2.75, 3.05) is 26.2 Å². The Kier molecular flexibility index (Phi) is 5.30. The van der Waals surface area contributed by atoms with Gasteiger partial charge < -0.3 is 10.2 Å². The summed E-state index contributed by atoms with van der Waals surface area (Å²) in [5.74, 6) is -0.659. The predicted octanol–water partition coefficient (Wildman–Crippen LogP) is 3.43. The summed E-state index contributed by atoms with van der Waals surface area (Å²) in [5.41, 5.74) is 1.83. The number of pyridine rings is 1. The SMILES string of the molecule is O=C(c1cc(-c2cc(F)cc(Cl)c2)n(-c2cncc(Cl)c2)n1)N1CCNCC1. The molecule has 28 heavy (non-hydrogen) atoms. The average molecular weight is 420 g/mol. The number of benzene rings is 1. The first-order valence-corrected chi connectivity index (χ1v) is 9.44. The lowest BCUT2D eigenvalue weighted by atomic mass is 10.1. The van der Waals surface area contributed by atoms with Crippen LogP contribution in [0.4, 0.5) is 4.39 Å². The van der Waals surface area contributed by atoms with Crippen molar-refractivity contribution >= 4 is 29.1 Å². The number of hydrogen-bond acceptors (Lipinski definition) is 4. The molecule has 0 aliphatic carbocycles. The van der Waals surface area contributed by atoms with E-state index in [-0.39, 0.29) is 16.6 Å². The van der Waals surface area contributed by atoms with Gasteiger partial charge in [-0.15, -0.1) is 0 Å². The van der Waals surface area contributed by atoms with Crippen molar-refractivity contribution in [2.24, 2.45) is 0 Å². The molecule has 0 unspecified atom stereocenters. The molecule has 1 aliphatic rings. The number of aromatic nitrogens is 3. The van der Waals surface area contributed by atoms with E-state index in [0.717, 1.165) is 13.1 Å². The van der Waals surface area contributed by atoms with Gasteiger partial charge in [-0.1, -0.05) is 23.2 Å². The van der Waals surface area contributed by atoms with Crippen molar-refractivity contribution < 1.29 is 9.18 Å². The monoisotopic (exact) mass is 419 g/mol. The second-order valence-corrected chi connectivity index (χ2v) is 7.26. The van der Waals surface area contributed by atoms with E-state index < -0.39 is 5.82 Å². The minimum atomic E-state index is -0.477. The number of piperazine rings is 1. The summed E-state index contributed by atoms with van der Waals surface area (Å²) < 4.78 is 15.5. The van der Waals surface area contributed by atoms with Crippen LogP contribution in [0.1, 0.15) is 10.5 Å². The summed E-state index contributed by atoms with van der Waals surface area (Å²) in [6.45, 7) is 2.67. The summed E-state index contributed by atoms with van der Waals surface area (Å²) in [7, 11) is 0. The summed E-state index contributed by atoms with van der Waals surface area (Å²) in [6.07, 6.45) is 3.07. The number of nitrogens with zero attached hydrogens (tertiary/aromatic N) is 4. The second kappa shape index (κ2) is 7.87. The van der Waals surface area contributed by atoms with Crippen LogP contribution in [0.5, 0.6) is 0 Å². The first-order chi connectivity index (χ1) is 13.5. The van der Waals surface area contributed by atoms with Gasteiger partial charge in [-0.3, -0.25) is 9.78 Å². The minimum absolute atomic E-state index is 0.181. The van der Waals surface area contributed by atoms with Gasteiger partial charge in [0.05, 0.1) is 22.6 Å². The van der Waals surface area contributed by atoms with Gasteiger partial charge in [0, 0.05) is 43.0 Å². The maximum absolute atomic E-state index is 13.9. The molecule has 1 aromatic carbocycles. The van der Waals surface area contributed by atoms with Crippen molar-refractivity contribution in [1.29, 1.82) is 0 Å². The van der Waals surface area contributed by atoms with Gasteiger partial charge in [-0.2, -0.15) is 5.10 Å². The summed E-state index contributed by atoms with van der Waals surface area (Å²) >= 11 is 12.1. The number of nitrogens with one attached hydrogen (secondary N) is 1. The lowest BCUT2D eigenvalue weighted by molar-refractivity contribution is 0.0729. The molecule has 1 saturated heterocycles. The topological polar surface area (TPSA) is 63.1 Å². The lowest BCUT2D eigenvalue weighted by Crippen LogP contribution is -2.46. The van der Waals surface area contributed by atoms with Crippen LogP contribution < -0.4 is 5.32 Å². The molecule has 9 heteroatoms. The molecule has 0 bridgehead atoms. The third-order valence-electron chi connectivity index (χ3n) is 4.43. The van der Waals surface area contributed by atoms with Gasteiger partial charge in [0.1, 0.15) is 5.82 Å². The molecular formula is C19H16Cl2FN5O. The molecule has 2 aromatic heterocycles. The van der Waals surface area contributed by atoms with Crippen LogP contribution in [0.25, 0.3) is 16.9 Å². The smallest absolute Gasteiger partial charge is 0.274 e.